The van der Waals surface area contributed by atoms with Gasteiger partial charge in [-0.25, -0.2) is 9.59 Å². The summed E-state index contributed by atoms with van der Waals surface area (Å²) in [5.41, 5.74) is 0. The third-order valence-electron chi connectivity index (χ3n) is 3.02. The van der Waals surface area contributed by atoms with Crippen molar-refractivity contribution in [3.05, 3.63) is 0 Å². The molecule has 0 bridgehead atoms. The van der Waals surface area contributed by atoms with Crippen molar-refractivity contribution < 1.29 is 29.3 Å². The zero-order valence-electron chi connectivity index (χ0n) is 10.7. The maximum atomic E-state index is 11.8. The Balaban J connectivity index is 2.57. The van der Waals surface area contributed by atoms with Gasteiger partial charge in [0, 0.05) is 13.1 Å². The average molecular weight is 274 g/mol. The summed E-state index contributed by atoms with van der Waals surface area (Å²) < 4.78 is 4.63. The summed E-state index contributed by atoms with van der Waals surface area (Å²) in [4.78, 5) is 35.3. The highest BCUT2D eigenvalue weighted by molar-refractivity contribution is 5.83. The van der Waals surface area contributed by atoms with E-state index in [9.17, 15) is 14.4 Å². The van der Waals surface area contributed by atoms with E-state index in [0.29, 0.717) is 19.4 Å². The molecule has 1 saturated heterocycles. The molecule has 0 spiro atoms. The van der Waals surface area contributed by atoms with Gasteiger partial charge in [0.25, 0.3) is 0 Å². The number of carboxylic acids is 1. The number of piperidine rings is 1. The Morgan fingerprint density at radius 3 is 2.68 bits per heavy atom. The van der Waals surface area contributed by atoms with Crippen LogP contribution >= 0.6 is 0 Å². The monoisotopic (exact) mass is 274 g/mol. The molecule has 1 aliphatic heterocycles. The number of nitrogens with zero attached hydrogens (tertiary/aromatic N) is 1. The van der Waals surface area contributed by atoms with Crippen LogP contribution in [0.25, 0.3) is 0 Å². The highest BCUT2D eigenvalue weighted by Gasteiger charge is 2.30. The van der Waals surface area contributed by atoms with Crippen LogP contribution in [-0.4, -0.2) is 65.9 Å². The van der Waals surface area contributed by atoms with Crippen molar-refractivity contribution in [3.63, 3.8) is 0 Å². The van der Waals surface area contributed by atoms with Crippen molar-refractivity contribution >= 4 is 18.0 Å². The van der Waals surface area contributed by atoms with Gasteiger partial charge in [0.2, 0.25) is 0 Å². The molecule has 2 amide bonds. The van der Waals surface area contributed by atoms with Crippen molar-refractivity contribution in [1.29, 1.82) is 0 Å². The van der Waals surface area contributed by atoms with Gasteiger partial charge in [0.05, 0.1) is 19.6 Å². The van der Waals surface area contributed by atoms with Crippen LogP contribution in [0.5, 0.6) is 0 Å². The SMILES string of the molecule is COC(=O)C1CCCN(C(=O)N[C@H](CO)C(=O)O)C1. The number of aliphatic hydroxyl groups is 1. The molecule has 1 fully saturated rings. The van der Waals surface area contributed by atoms with Gasteiger partial charge >= 0.3 is 18.0 Å². The van der Waals surface area contributed by atoms with Crippen LogP contribution in [0, 0.1) is 5.92 Å². The number of carbonyl (C=O) groups excluding carboxylic acids is 2. The summed E-state index contributed by atoms with van der Waals surface area (Å²) in [5.74, 6) is -2.08. The standard InChI is InChI=1S/C11H18N2O6/c1-19-10(17)7-3-2-4-13(5-7)11(18)12-8(6-14)9(15)16/h7-8,14H,2-6H2,1H3,(H,12,18)(H,15,16)/t7?,8-/m1/s1. The number of carboxylic acid groups (broad SMARTS) is 1. The van der Waals surface area contributed by atoms with Crippen molar-refractivity contribution in [2.24, 2.45) is 5.92 Å². The van der Waals surface area contributed by atoms with Crippen molar-refractivity contribution in [2.75, 3.05) is 26.8 Å². The number of methoxy groups -OCH3 is 1. The zero-order chi connectivity index (χ0) is 14.4. The predicted molar refractivity (Wildman–Crippen MR) is 63.4 cm³/mol. The Hall–Kier alpha value is -1.83. The van der Waals surface area contributed by atoms with Crippen LogP contribution in [0.3, 0.4) is 0 Å². The third-order valence-corrected chi connectivity index (χ3v) is 3.02. The molecule has 8 heteroatoms. The number of ether oxygens (including phenoxy) is 1. The normalized spacial score (nSPS) is 20.5. The van der Waals surface area contributed by atoms with Crippen LogP contribution in [0.1, 0.15) is 12.8 Å². The van der Waals surface area contributed by atoms with Gasteiger partial charge < -0.3 is 25.2 Å². The smallest absolute Gasteiger partial charge is 0.328 e. The molecule has 108 valence electrons. The largest absolute Gasteiger partial charge is 0.480 e. The molecular formula is C11H18N2O6. The minimum absolute atomic E-state index is 0.191. The topological polar surface area (TPSA) is 116 Å². The molecule has 0 aromatic heterocycles. The Bertz CT molecular complexity index is 359. The molecule has 0 radical (unpaired) electrons. The molecule has 8 nitrogen and oxygen atoms in total. The molecule has 19 heavy (non-hydrogen) atoms. The number of carbonyl (C=O) groups is 3. The van der Waals surface area contributed by atoms with Gasteiger partial charge in [-0.2, -0.15) is 0 Å². The first-order chi connectivity index (χ1) is 8.99. The molecular weight excluding hydrogens is 256 g/mol. The lowest BCUT2D eigenvalue weighted by molar-refractivity contribution is -0.147. The lowest BCUT2D eigenvalue weighted by Crippen LogP contribution is -2.52. The first kappa shape index (κ1) is 15.2. The van der Waals surface area contributed by atoms with Crippen molar-refractivity contribution in [2.45, 2.75) is 18.9 Å². The zero-order valence-corrected chi connectivity index (χ0v) is 10.7. The summed E-state index contributed by atoms with van der Waals surface area (Å²) in [5, 5.41) is 19.8. The highest BCUT2D eigenvalue weighted by atomic mass is 16.5. The van der Waals surface area contributed by atoms with E-state index in [1.54, 1.807) is 0 Å². The number of hydrogen-bond donors (Lipinski definition) is 3. The minimum atomic E-state index is -1.34. The summed E-state index contributed by atoms with van der Waals surface area (Å²) >= 11 is 0. The van der Waals surface area contributed by atoms with Crippen molar-refractivity contribution in [1.82, 2.24) is 10.2 Å². The Labute approximate surface area is 110 Å². The van der Waals surface area contributed by atoms with Gasteiger partial charge in [-0.3, -0.25) is 4.79 Å². The summed E-state index contributed by atoms with van der Waals surface area (Å²) in [6.45, 7) is -0.0529. The van der Waals surface area contributed by atoms with E-state index in [4.69, 9.17) is 10.2 Å². The summed E-state index contributed by atoms with van der Waals surface area (Å²) in [6.07, 6.45) is 1.28. The first-order valence-electron chi connectivity index (χ1n) is 5.96. The van der Waals surface area contributed by atoms with E-state index in [0.717, 1.165) is 0 Å². The van der Waals surface area contributed by atoms with Crippen molar-refractivity contribution in [3.8, 4) is 0 Å². The number of rotatable bonds is 4. The Morgan fingerprint density at radius 2 is 2.16 bits per heavy atom. The fourth-order valence-electron chi connectivity index (χ4n) is 1.95. The highest BCUT2D eigenvalue weighted by Crippen LogP contribution is 2.17. The Kier molecular flexibility index (Phi) is 5.56. The molecule has 1 unspecified atom stereocenters. The van der Waals surface area contributed by atoms with E-state index in [-0.39, 0.29) is 18.4 Å². The number of hydrogen-bond acceptors (Lipinski definition) is 5. The maximum Gasteiger partial charge on any atom is 0.328 e. The lowest BCUT2D eigenvalue weighted by Gasteiger charge is -2.32. The van der Waals surface area contributed by atoms with Gasteiger partial charge in [0.1, 0.15) is 0 Å². The molecule has 1 heterocycles. The first-order valence-corrected chi connectivity index (χ1v) is 5.96. The second-order valence-corrected chi connectivity index (χ2v) is 4.33. The lowest BCUT2D eigenvalue weighted by atomic mass is 9.98. The van der Waals surface area contributed by atoms with E-state index in [1.807, 2.05) is 0 Å². The average Bonchev–Trinajstić information content (AvgIpc) is 2.43. The molecule has 2 atom stereocenters. The van der Waals surface area contributed by atoms with E-state index < -0.39 is 24.6 Å². The number of esters is 1. The number of amides is 2. The van der Waals surface area contributed by atoms with E-state index in [2.05, 4.69) is 10.1 Å². The minimum Gasteiger partial charge on any atom is -0.480 e. The Morgan fingerprint density at radius 1 is 1.47 bits per heavy atom. The number of likely N-dealkylation sites (tertiary alicyclic amines) is 1. The second-order valence-electron chi connectivity index (χ2n) is 4.33. The van der Waals surface area contributed by atoms with Gasteiger partial charge in [0.15, 0.2) is 6.04 Å². The predicted octanol–water partition coefficient (Wildman–Crippen LogP) is -0.973. The molecule has 0 aliphatic carbocycles. The number of nitrogens with one attached hydrogen (secondary N) is 1. The van der Waals surface area contributed by atoms with Crippen LogP contribution < -0.4 is 5.32 Å². The summed E-state index contributed by atoms with van der Waals surface area (Å²) in [6, 6.07) is -1.94. The molecule has 0 aromatic rings. The van der Waals surface area contributed by atoms with Gasteiger partial charge in [-0.1, -0.05) is 0 Å². The molecule has 0 saturated carbocycles. The van der Waals surface area contributed by atoms with Crippen LogP contribution in [0.4, 0.5) is 4.79 Å². The summed E-state index contributed by atoms with van der Waals surface area (Å²) in [7, 11) is 1.29. The third kappa shape index (κ3) is 4.09. The fraction of sp³-hybridized carbons (Fsp3) is 0.727. The fourth-order valence-corrected chi connectivity index (χ4v) is 1.95. The number of aliphatic carboxylic acids is 1. The van der Waals surface area contributed by atoms with Crippen LogP contribution in [-0.2, 0) is 14.3 Å². The molecule has 1 rings (SSSR count). The molecule has 0 aromatic carbocycles. The molecule has 1 aliphatic rings. The second kappa shape index (κ2) is 6.93. The van der Waals surface area contributed by atoms with Gasteiger partial charge in [-0.05, 0) is 12.8 Å². The number of urea groups is 1. The van der Waals surface area contributed by atoms with Gasteiger partial charge in [-0.15, -0.1) is 0 Å². The number of aliphatic hydroxyl groups excluding tert-OH is 1. The van der Waals surface area contributed by atoms with E-state index >= 15 is 0 Å². The van der Waals surface area contributed by atoms with Crippen LogP contribution in [0.2, 0.25) is 0 Å². The van der Waals surface area contributed by atoms with E-state index in [1.165, 1.54) is 12.0 Å². The quantitative estimate of drug-likeness (QED) is 0.568. The maximum absolute atomic E-state index is 11.8. The van der Waals surface area contributed by atoms with Crippen LogP contribution in [0.15, 0.2) is 0 Å². The molecule has 3 N–H and O–H groups in total.